The average molecular weight is 196 g/mol. The molecule has 0 atom stereocenters. The number of hydrogen-bond donors (Lipinski definition) is 1. The highest BCUT2D eigenvalue weighted by molar-refractivity contribution is 5.85. The first-order valence-electron chi connectivity index (χ1n) is 3.83. The summed E-state index contributed by atoms with van der Waals surface area (Å²) in [6.07, 6.45) is 0. The maximum absolute atomic E-state index is 9.43. The quantitative estimate of drug-likeness (QED) is 0.701. The second-order valence-electron chi connectivity index (χ2n) is 2.80. The lowest BCUT2D eigenvalue weighted by atomic mass is 10.2. The molecule has 0 aliphatic heterocycles. The Labute approximate surface area is 82.6 Å². The molecule has 1 aromatic carbocycles. The summed E-state index contributed by atoms with van der Waals surface area (Å²) >= 11 is 0. The Morgan fingerprint density at radius 2 is 1.92 bits per heavy atom. The van der Waals surface area contributed by atoms with Gasteiger partial charge in [-0.25, -0.2) is 4.98 Å². The third-order valence-corrected chi connectivity index (χ3v) is 1.84. The van der Waals surface area contributed by atoms with E-state index in [1.165, 1.54) is 0 Å². The van der Waals surface area contributed by atoms with Crippen molar-refractivity contribution in [3.63, 3.8) is 0 Å². The van der Waals surface area contributed by atoms with Crippen molar-refractivity contribution in [2.24, 2.45) is 0 Å². The van der Waals surface area contributed by atoms with Gasteiger partial charge in [0.05, 0.1) is 0 Å². The van der Waals surface area contributed by atoms with Gasteiger partial charge in [-0.3, -0.25) is 0 Å². The molecule has 2 aromatic rings. The van der Waals surface area contributed by atoms with E-state index in [1.807, 2.05) is 31.2 Å². The smallest absolute Gasteiger partial charge is 0.141 e. The molecule has 1 aromatic heterocycles. The van der Waals surface area contributed by atoms with Crippen LogP contribution in [0.2, 0.25) is 0 Å². The van der Waals surface area contributed by atoms with Crippen LogP contribution in [0.1, 0.15) is 5.69 Å². The number of fused-ring (bicyclic) bond motifs is 1. The van der Waals surface area contributed by atoms with E-state index in [4.69, 9.17) is 0 Å². The van der Waals surface area contributed by atoms with Crippen molar-refractivity contribution >= 4 is 23.3 Å². The minimum absolute atomic E-state index is 0. The van der Waals surface area contributed by atoms with E-state index in [9.17, 15) is 5.11 Å². The second-order valence-corrected chi connectivity index (χ2v) is 2.80. The Bertz CT molecular complexity index is 428. The van der Waals surface area contributed by atoms with E-state index >= 15 is 0 Å². The SMILES string of the molecule is Cc1ccc2cccc(O)c2n1.Cl. The summed E-state index contributed by atoms with van der Waals surface area (Å²) in [6.45, 7) is 1.91. The van der Waals surface area contributed by atoms with E-state index in [2.05, 4.69) is 4.98 Å². The summed E-state index contributed by atoms with van der Waals surface area (Å²) in [5.41, 5.74) is 1.60. The van der Waals surface area contributed by atoms with Gasteiger partial charge in [0.15, 0.2) is 0 Å². The number of hydrogen-bond acceptors (Lipinski definition) is 2. The van der Waals surface area contributed by atoms with Crippen molar-refractivity contribution in [1.82, 2.24) is 4.98 Å². The number of phenols is 1. The van der Waals surface area contributed by atoms with E-state index < -0.39 is 0 Å². The van der Waals surface area contributed by atoms with Crippen LogP contribution < -0.4 is 0 Å². The van der Waals surface area contributed by atoms with Crippen LogP contribution in [-0.4, -0.2) is 10.1 Å². The predicted molar refractivity (Wildman–Crippen MR) is 55.4 cm³/mol. The van der Waals surface area contributed by atoms with Crippen LogP contribution in [0, 0.1) is 6.92 Å². The third kappa shape index (κ3) is 1.73. The fourth-order valence-electron chi connectivity index (χ4n) is 1.23. The first-order valence-corrected chi connectivity index (χ1v) is 3.83. The summed E-state index contributed by atoms with van der Waals surface area (Å²) in [6, 6.07) is 9.28. The zero-order valence-corrected chi connectivity index (χ0v) is 8.01. The second kappa shape index (κ2) is 3.62. The van der Waals surface area contributed by atoms with Crippen LogP contribution in [0.25, 0.3) is 10.9 Å². The molecule has 2 nitrogen and oxygen atoms in total. The number of phenolic OH excluding ortho intramolecular Hbond substituents is 1. The van der Waals surface area contributed by atoms with Crippen LogP contribution in [0.4, 0.5) is 0 Å². The molecular weight excluding hydrogens is 186 g/mol. The number of aryl methyl sites for hydroxylation is 1. The molecule has 0 aliphatic carbocycles. The lowest BCUT2D eigenvalue weighted by molar-refractivity contribution is 0.480. The van der Waals surface area contributed by atoms with Crippen molar-refractivity contribution in [2.75, 3.05) is 0 Å². The first kappa shape index (κ1) is 9.81. The molecular formula is C10H10ClNO. The number of para-hydroxylation sites is 1. The number of halogens is 1. The maximum atomic E-state index is 9.43. The number of pyridine rings is 1. The van der Waals surface area contributed by atoms with Crippen molar-refractivity contribution < 1.29 is 5.11 Å². The highest BCUT2D eigenvalue weighted by Gasteiger charge is 1.98. The summed E-state index contributed by atoms with van der Waals surface area (Å²) < 4.78 is 0. The molecule has 1 N–H and O–H groups in total. The molecule has 0 fully saturated rings. The zero-order chi connectivity index (χ0) is 8.55. The van der Waals surface area contributed by atoms with Gasteiger partial charge in [-0.1, -0.05) is 18.2 Å². The van der Waals surface area contributed by atoms with Crippen LogP contribution in [0.3, 0.4) is 0 Å². The van der Waals surface area contributed by atoms with Crippen molar-refractivity contribution in [3.05, 3.63) is 36.0 Å². The van der Waals surface area contributed by atoms with Gasteiger partial charge < -0.3 is 5.11 Å². The minimum Gasteiger partial charge on any atom is -0.506 e. The molecule has 0 saturated carbocycles. The molecule has 0 unspecified atom stereocenters. The van der Waals surface area contributed by atoms with Gasteiger partial charge in [-0.2, -0.15) is 0 Å². The van der Waals surface area contributed by atoms with E-state index in [1.54, 1.807) is 6.07 Å². The van der Waals surface area contributed by atoms with Gasteiger partial charge in [-0.15, -0.1) is 12.4 Å². The van der Waals surface area contributed by atoms with E-state index in [0.29, 0.717) is 5.52 Å². The third-order valence-electron chi connectivity index (χ3n) is 1.84. The van der Waals surface area contributed by atoms with Gasteiger partial charge in [0.1, 0.15) is 11.3 Å². The summed E-state index contributed by atoms with van der Waals surface area (Å²) in [5.74, 6) is 0.246. The lowest BCUT2D eigenvalue weighted by Crippen LogP contribution is -1.82. The molecule has 0 radical (unpaired) electrons. The molecule has 2 rings (SSSR count). The van der Waals surface area contributed by atoms with Crippen LogP contribution in [0.5, 0.6) is 5.75 Å². The number of aromatic hydroxyl groups is 1. The molecule has 0 saturated heterocycles. The largest absolute Gasteiger partial charge is 0.506 e. The first-order chi connectivity index (χ1) is 5.77. The van der Waals surface area contributed by atoms with Gasteiger partial charge in [-0.05, 0) is 19.1 Å². The van der Waals surface area contributed by atoms with Crippen LogP contribution >= 0.6 is 12.4 Å². The molecule has 68 valence electrons. The van der Waals surface area contributed by atoms with Crippen LogP contribution in [-0.2, 0) is 0 Å². The monoisotopic (exact) mass is 195 g/mol. The van der Waals surface area contributed by atoms with Gasteiger partial charge in [0.25, 0.3) is 0 Å². The molecule has 0 aliphatic rings. The highest BCUT2D eigenvalue weighted by Crippen LogP contribution is 2.21. The van der Waals surface area contributed by atoms with Crippen molar-refractivity contribution in [3.8, 4) is 5.75 Å². The van der Waals surface area contributed by atoms with Gasteiger partial charge in [0, 0.05) is 11.1 Å². The zero-order valence-electron chi connectivity index (χ0n) is 7.19. The Morgan fingerprint density at radius 1 is 1.15 bits per heavy atom. The molecule has 3 heteroatoms. The maximum Gasteiger partial charge on any atom is 0.141 e. The summed E-state index contributed by atoms with van der Waals surface area (Å²) in [4.78, 5) is 4.23. The van der Waals surface area contributed by atoms with Crippen molar-refractivity contribution in [1.29, 1.82) is 0 Å². The number of rotatable bonds is 0. The number of benzene rings is 1. The normalized spacial score (nSPS) is 9.62. The average Bonchev–Trinajstić information content (AvgIpc) is 2.07. The topological polar surface area (TPSA) is 33.1 Å². The van der Waals surface area contributed by atoms with Crippen molar-refractivity contribution in [2.45, 2.75) is 6.92 Å². The highest BCUT2D eigenvalue weighted by atomic mass is 35.5. The fraction of sp³-hybridized carbons (Fsp3) is 0.100. The Hall–Kier alpha value is -1.28. The molecule has 1 heterocycles. The predicted octanol–water partition coefficient (Wildman–Crippen LogP) is 2.67. The number of aromatic nitrogens is 1. The van der Waals surface area contributed by atoms with Gasteiger partial charge >= 0.3 is 0 Å². The lowest BCUT2D eigenvalue weighted by Gasteiger charge is -1.99. The molecule has 13 heavy (non-hydrogen) atoms. The Kier molecular flexibility index (Phi) is 2.73. The molecule has 0 spiro atoms. The Balaban J connectivity index is 0.000000845. The fourth-order valence-corrected chi connectivity index (χ4v) is 1.23. The van der Waals surface area contributed by atoms with E-state index in [-0.39, 0.29) is 18.2 Å². The van der Waals surface area contributed by atoms with E-state index in [0.717, 1.165) is 11.1 Å². The standard InChI is InChI=1S/C10H9NO.ClH/c1-7-5-6-8-3-2-4-9(12)10(8)11-7;/h2-6,12H,1H3;1H. The van der Waals surface area contributed by atoms with Crippen LogP contribution in [0.15, 0.2) is 30.3 Å². The summed E-state index contributed by atoms with van der Waals surface area (Å²) in [5, 5.41) is 10.4. The minimum atomic E-state index is 0. The van der Waals surface area contributed by atoms with Gasteiger partial charge in [0.2, 0.25) is 0 Å². The number of nitrogens with zero attached hydrogens (tertiary/aromatic N) is 1. The molecule has 0 amide bonds. The Morgan fingerprint density at radius 3 is 2.69 bits per heavy atom. The molecule has 0 bridgehead atoms. The summed E-state index contributed by atoms with van der Waals surface area (Å²) in [7, 11) is 0.